The van der Waals surface area contributed by atoms with Crippen molar-refractivity contribution < 1.29 is 4.39 Å². The molecule has 0 atom stereocenters. The summed E-state index contributed by atoms with van der Waals surface area (Å²) in [5.41, 5.74) is 13.7. The second-order valence-electron chi connectivity index (χ2n) is 10.1. The Kier molecular flexibility index (Phi) is 5.68. The number of hydrogen-bond donors (Lipinski definition) is 1. The highest BCUT2D eigenvalue weighted by molar-refractivity contribution is 5.90. The molecule has 2 aliphatic rings. The van der Waals surface area contributed by atoms with Crippen LogP contribution in [0.3, 0.4) is 0 Å². The number of allylic oxidation sites excluding steroid dienone is 5. The number of nitrogens with zero attached hydrogens (tertiary/aromatic N) is 2. The predicted octanol–water partition coefficient (Wildman–Crippen LogP) is 7.95. The largest absolute Gasteiger partial charge is 0.358 e. The van der Waals surface area contributed by atoms with Crippen LogP contribution in [0.15, 0.2) is 78.5 Å². The van der Waals surface area contributed by atoms with Gasteiger partial charge in [-0.25, -0.2) is 9.37 Å². The zero-order valence-electron chi connectivity index (χ0n) is 21.7. The standard InChI is InChI=1S/C33H30FN3/c1-20-12-13-26(24-9-7-10-25(34)16-24)30-18-32(36-31(30)14-20)27-11-6-5-8-23-15-21(2)28(17-29(23)27)33-19-35-22(3)37(33)4/h5,7-13,15-19,36H,6,14H2,1-4H3. The van der Waals surface area contributed by atoms with Gasteiger partial charge in [-0.3, -0.25) is 0 Å². The van der Waals surface area contributed by atoms with Crippen LogP contribution in [-0.4, -0.2) is 14.5 Å². The molecule has 184 valence electrons. The summed E-state index contributed by atoms with van der Waals surface area (Å²) in [7, 11) is 2.07. The molecule has 0 saturated heterocycles. The van der Waals surface area contributed by atoms with Crippen molar-refractivity contribution in [2.24, 2.45) is 7.05 Å². The summed E-state index contributed by atoms with van der Waals surface area (Å²) in [4.78, 5) is 8.29. The maximum absolute atomic E-state index is 14.2. The summed E-state index contributed by atoms with van der Waals surface area (Å²) in [6.45, 7) is 6.34. The Bertz CT molecular complexity index is 1670. The Morgan fingerprint density at radius 2 is 1.81 bits per heavy atom. The van der Waals surface area contributed by atoms with Gasteiger partial charge >= 0.3 is 0 Å². The SMILES string of the molecule is CC1=CC=C(c2cccc(F)c2)c2cc(C3=CCC=Cc4cc(C)c(-c5cnc(C)n5C)cc43)[nH]c2C1. The molecular formula is C33H30FN3. The van der Waals surface area contributed by atoms with Gasteiger partial charge in [0.25, 0.3) is 0 Å². The maximum Gasteiger partial charge on any atom is 0.123 e. The number of benzene rings is 2. The number of rotatable bonds is 3. The molecule has 0 bridgehead atoms. The van der Waals surface area contributed by atoms with Gasteiger partial charge in [-0.05, 0) is 79.3 Å². The van der Waals surface area contributed by atoms with Gasteiger partial charge in [0, 0.05) is 41.6 Å². The summed E-state index contributed by atoms with van der Waals surface area (Å²) in [5, 5.41) is 0. The minimum atomic E-state index is -0.222. The Morgan fingerprint density at radius 3 is 2.59 bits per heavy atom. The Morgan fingerprint density at radius 1 is 0.946 bits per heavy atom. The summed E-state index contributed by atoms with van der Waals surface area (Å²) < 4.78 is 16.3. The van der Waals surface area contributed by atoms with E-state index in [0.717, 1.165) is 52.4 Å². The molecule has 1 N–H and O–H groups in total. The van der Waals surface area contributed by atoms with Crippen molar-refractivity contribution in [2.75, 3.05) is 0 Å². The fourth-order valence-electron chi connectivity index (χ4n) is 5.46. The number of aryl methyl sites for hydroxylation is 2. The van der Waals surface area contributed by atoms with Crippen LogP contribution in [0.25, 0.3) is 28.5 Å². The van der Waals surface area contributed by atoms with Crippen LogP contribution >= 0.6 is 0 Å². The molecule has 4 aromatic rings. The Hall–Kier alpha value is -4.18. The topological polar surface area (TPSA) is 33.6 Å². The smallest absolute Gasteiger partial charge is 0.123 e. The molecule has 0 spiro atoms. The zero-order valence-corrected chi connectivity index (χ0v) is 21.7. The monoisotopic (exact) mass is 487 g/mol. The van der Waals surface area contributed by atoms with Crippen LogP contribution in [0.5, 0.6) is 0 Å². The Labute approximate surface area is 217 Å². The molecule has 0 amide bonds. The van der Waals surface area contributed by atoms with Crippen molar-refractivity contribution in [3.8, 4) is 11.3 Å². The number of hydrogen-bond acceptors (Lipinski definition) is 1. The van der Waals surface area contributed by atoms with Crippen molar-refractivity contribution in [1.29, 1.82) is 0 Å². The van der Waals surface area contributed by atoms with Crippen LogP contribution < -0.4 is 0 Å². The van der Waals surface area contributed by atoms with Gasteiger partial charge in [0.1, 0.15) is 11.6 Å². The van der Waals surface area contributed by atoms with E-state index in [1.54, 1.807) is 12.1 Å². The number of halogens is 1. The van der Waals surface area contributed by atoms with Crippen LogP contribution in [0.2, 0.25) is 0 Å². The fourth-order valence-corrected chi connectivity index (χ4v) is 5.46. The number of fused-ring (bicyclic) bond motifs is 2. The van der Waals surface area contributed by atoms with Gasteiger partial charge in [-0.1, -0.05) is 54.2 Å². The summed E-state index contributed by atoms with van der Waals surface area (Å²) in [5.74, 6) is 0.772. The molecule has 3 nitrogen and oxygen atoms in total. The first kappa shape index (κ1) is 23.2. The van der Waals surface area contributed by atoms with Gasteiger partial charge in [0.05, 0.1) is 11.9 Å². The van der Waals surface area contributed by atoms with E-state index in [9.17, 15) is 4.39 Å². The van der Waals surface area contributed by atoms with Crippen molar-refractivity contribution >= 4 is 17.2 Å². The van der Waals surface area contributed by atoms with E-state index in [2.05, 4.69) is 84.0 Å². The van der Waals surface area contributed by atoms with Gasteiger partial charge in [-0.15, -0.1) is 0 Å². The van der Waals surface area contributed by atoms with Gasteiger partial charge in [0.15, 0.2) is 0 Å². The van der Waals surface area contributed by atoms with Gasteiger partial charge in [-0.2, -0.15) is 0 Å². The van der Waals surface area contributed by atoms with E-state index in [1.807, 2.05) is 19.2 Å². The van der Waals surface area contributed by atoms with Crippen LogP contribution in [0, 0.1) is 19.7 Å². The maximum atomic E-state index is 14.2. The first-order chi connectivity index (χ1) is 17.9. The normalized spacial score (nSPS) is 14.8. The van der Waals surface area contributed by atoms with Crippen molar-refractivity contribution in [2.45, 2.75) is 33.6 Å². The Balaban J connectivity index is 1.50. The van der Waals surface area contributed by atoms with E-state index in [0.29, 0.717) is 0 Å². The van der Waals surface area contributed by atoms with E-state index < -0.39 is 0 Å². The van der Waals surface area contributed by atoms with Gasteiger partial charge < -0.3 is 9.55 Å². The van der Waals surface area contributed by atoms with Gasteiger partial charge in [0.2, 0.25) is 0 Å². The highest BCUT2D eigenvalue weighted by Gasteiger charge is 2.21. The summed E-state index contributed by atoms with van der Waals surface area (Å²) in [6, 6.07) is 13.7. The van der Waals surface area contributed by atoms with Crippen LogP contribution in [0.1, 0.15) is 58.4 Å². The lowest BCUT2D eigenvalue weighted by Gasteiger charge is -2.15. The predicted molar refractivity (Wildman–Crippen MR) is 151 cm³/mol. The third-order valence-electron chi connectivity index (χ3n) is 7.54. The quantitative estimate of drug-likeness (QED) is 0.312. The molecule has 0 radical (unpaired) electrons. The van der Waals surface area contributed by atoms with E-state index in [-0.39, 0.29) is 5.82 Å². The summed E-state index contributed by atoms with van der Waals surface area (Å²) >= 11 is 0. The molecule has 37 heavy (non-hydrogen) atoms. The number of aromatic amines is 1. The van der Waals surface area contributed by atoms with Crippen molar-refractivity contribution in [3.63, 3.8) is 0 Å². The minimum absolute atomic E-state index is 0.222. The molecule has 6 rings (SSSR count). The van der Waals surface area contributed by atoms with Crippen LogP contribution in [0.4, 0.5) is 4.39 Å². The number of imidazole rings is 1. The van der Waals surface area contributed by atoms with E-state index in [4.69, 9.17) is 0 Å². The van der Waals surface area contributed by atoms with E-state index in [1.165, 1.54) is 39.5 Å². The second kappa shape index (κ2) is 9.04. The highest BCUT2D eigenvalue weighted by Crippen LogP contribution is 2.38. The fraction of sp³-hybridized carbons (Fsp3) is 0.182. The number of H-pyrrole nitrogens is 1. The molecule has 2 aliphatic carbocycles. The lowest BCUT2D eigenvalue weighted by molar-refractivity contribution is 0.627. The summed E-state index contributed by atoms with van der Waals surface area (Å²) in [6.07, 6.45) is 14.7. The lowest BCUT2D eigenvalue weighted by atomic mass is 9.91. The zero-order chi connectivity index (χ0) is 25.7. The molecular weight excluding hydrogens is 457 g/mol. The van der Waals surface area contributed by atoms with Crippen molar-refractivity contribution in [1.82, 2.24) is 14.5 Å². The first-order valence-corrected chi connectivity index (χ1v) is 12.8. The molecule has 0 saturated carbocycles. The third-order valence-corrected chi connectivity index (χ3v) is 7.54. The van der Waals surface area contributed by atoms with E-state index >= 15 is 0 Å². The van der Waals surface area contributed by atoms with Crippen molar-refractivity contribution in [3.05, 3.63) is 129 Å². The molecule has 4 heteroatoms. The average molecular weight is 488 g/mol. The highest BCUT2D eigenvalue weighted by atomic mass is 19.1. The average Bonchev–Trinajstić information content (AvgIpc) is 3.29. The molecule has 2 aromatic carbocycles. The second-order valence-corrected chi connectivity index (χ2v) is 10.1. The third kappa shape index (κ3) is 4.13. The van der Waals surface area contributed by atoms with Crippen LogP contribution in [-0.2, 0) is 13.5 Å². The molecule has 0 fully saturated rings. The first-order valence-electron chi connectivity index (χ1n) is 12.8. The molecule has 2 aromatic heterocycles. The number of aromatic nitrogens is 3. The lowest BCUT2D eigenvalue weighted by Crippen LogP contribution is -1.99. The molecule has 0 unspecified atom stereocenters. The minimum Gasteiger partial charge on any atom is -0.358 e. The number of nitrogens with one attached hydrogen (secondary N) is 1. The molecule has 0 aliphatic heterocycles. The molecule has 2 heterocycles.